The minimum absolute atomic E-state index is 0.0927. The molecule has 1 N–H and O–H groups in total. The number of hydrogen-bond acceptors (Lipinski definition) is 8. The highest BCUT2D eigenvalue weighted by molar-refractivity contribution is 6.19. The lowest BCUT2D eigenvalue weighted by Crippen LogP contribution is -2.48. The van der Waals surface area contributed by atoms with Crippen LogP contribution in [0.25, 0.3) is 10.8 Å². The van der Waals surface area contributed by atoms with E-state index in [1.807, 2.05) is 61.6 Å². The van der Waals surface area contributed by atoms with Gasteiger partial charge in [0.1, 0.15) is 18.4 Å². The zero-order valence-corrected chi connectivity index (χ0v) is 31.8. The molecule has 13 heteroatoms. The number of benzene rings is 4. The summed E-state index contributed by atoms with van der Waals surface area (Å²) in [6, 6.07) is 20.0. The van der Waals surface area contributed by atoms with E-state index in [1.165, 1.54) is 7.11 Å². The van der Waals surface area contributed by atoms with Gasteiger partial charge >= 0.3 is 6.09 Å². The fourth-order valence-corrected chi connectivity index (χ4v) is 8.45. The number of carbonyl (C=O) groups excluding carboxylic acids is 4. The summed E-state index contributed by atoms with van der Waals surface area (Å²) >= 11 is 6.53. The molecule has 12 nitrogen and oxygen atoms in total. The Hall–Kier alpha value is -5.33. The summed E-state index contributed by atoms with van der Waals surface area (Å²) in [5.41, 5.74) is 4.06. The van der Waals surface area contributed by atoms with Crippen molar-refractivity contribution in [2.24, 2.45) is 0 Å². The van der Waals surface area contributed by atoms with Crippen molar-refractivity contribution in [1.29, 1.82) is 0 Å². The molecular formula is C42H44ClN5O7. The number of alkyl halides is 1. The van der Waals surface area contributed by atoms with Gasteiger partial charge in [0.15, 0.2) is 11.5 Å². The fourth-order valence-electron chi connectivity index (χ4n) is 8.20. The Bertz CT molecular complexity index is 2170. The van der Waals surface area contributed by atoms with Crippen LogP contribution >= 0.6 is 11.6 Å². The Kier molecular flexibility index (Phi) is 10.3. The third-order valence-electron chi connectivity index (χ3n) is 11.2. The standard InChI is InChI=1S/C42H44ClN5O7/c1-45-14-16-46(17-15-45)42(52)55-35-22-34-39(30-11-4-3-10-29(30)35)28(23-43)24-48(34)38(49)19-26-8-7-9-27(18-26)25-54-37-21-32-31(20-36(37)53-2)41(51)47-13-6-5-12-33(47)40(50)44-32/h3-4,7-11,18,20-22,28,33H,5-6,12-17,19,23-25H2,1-2H3,(H,44,50)/t28-,33+/m1/s1. The van der Waals surface area contributed by atoms with Crippen molar-refractivity contribution in [2.75, 3.05) is 69.5 Å². The number of methoxy groups -OCH3 is 1. The molecule has 0 unspecified atom stereocenters. The van der Waals surface area contributed by atoms with Gasteiger partial charge in [-0.05, 0) is 54.5 Å². The SMILES string of the molecule is COc1cc2c(cc1OCc1cccc(CC(=O)N3C[C@@H](CCl)c4c3cc(OC(=O)N3CCN(C)CC3)c3ccccc43)c1)NC(=O)[C@@H]1CCCCN1C2=O. The van der Waals surface area contributed by atoms with Gasteiger partial charge in [-0.3, -0.25) is 14.4 Å². The Labute approximate surface area is 324 Å². The zero-order valence-electron chi connectivity index (χ0n) is 31.0. The lowest BCUT2D eigenvalue weighted by Gasteiger charge is -2.32. The average molecular weight is 766 g/mol. The van der Waals surface area contributed by atoms with Crippen LogP contribution in [0.2, 0.25) is 0 Å². The highest BCUT2D eigenvalue weighted by Crippen LogP contribution is 2.46. The van der Waals surface area contributed by atoms with Crippen LogP contribution in [-0.2, 0) is 22.6 Å². The summed E-state index contributed by atoms with van der Waals surface area (Å²) < 4.78 is 17.9. The fraction of sp³-hybridized carbons (Fsp3) is 0.381. The molecule has 8 rings (SSSR count). The molecule has 4 aliphatic heterocycles. The number of hydrogen-bond donors (Lipinski definition) is 1. The highest BCUT2D eigenvalue weighted by Gasteiger charge is 2.38. The maximum absolute atomic E-state index is 14.1. The summed E-state index contributed by atoms with van der Waals surface area (Å²) in [7, 11) is 3.54. The summed E-state index contributed by atoms with van der Waals surface area (Å²) in [5.74, 6) is 0.907. The van der Waals surface area contributed by atoms with Gasteiger partial charge in [-0.1, -0.05) is 48.5 Å². The lowest BCUT2D eigenvalue weighted by atomic mass is 9.95. The van der Waals surface area contributed by atoms with E-state index in [2.05, 4.69) is 10.2 Å². The lowest BCUT2D eigenvalue weighted by molar-refractivity contribution is -0.121. The van der Waals surface area contributed by atoms with E-state index < -0.39 is 12.1 Å². The van der Waals surface area contributed by atoms with Crippen LogP contribution in [0.1, 0.15) is 52.2 Å². The van der Waals surface area contributed by atoms with Crippen molar-refractivity contribution in [3.8, 4) is 17.2 Å². The summed E-state index contributed by atoms with van der Waals surface area (Å²) in [5, 5.41) is 4.65. The molecule has 286 valence electrons. The van der Waals surface area contributed by atoms with Crippen molar-refractivity contribution in [3.05, 3.63) is 89.0 Å². The van der Waals surface area contributed by atoms with Crippen molar-refractivity contribution < 1.29 is 33.4 Å². The van der Waals surface area contributed by atoms with E-state index in [4.69, 9.17) is 25.8 Å². The second-order valence-electron chi connectivity index (χ2n) is 14.7. The first-order valence-electron chi connectivity index (χ1n) is 18.8. The molecule has 4 aromatic carbocycles. The predicted molar refractivity (Wildman–Crippen MR) is 210 cm³/mol. The van der Waals surface area contributed by atoms with Gasteiger partial charge in [-0.15, -0.1) is 11.6 Å². The summed E-state index contributed by atoms with van der Waals surface area (Å²) in [4.78, 5) is 61.3. The third-order valence-corrected chi connectivity index (χ3v) is 11.5. The first kappa shape index (κ1) is 36.6. The highest BCUT2D eigenvalue weighted by atomic mass is 35.5. The second kappa shape index (κ2) is 15.4. The number of nitrogens with zero attached hydrogens (tertiary/aromatic N) is 4. The summed E-state index contributed by atoms with van der Waals surface area (Å²) in [6.45, 7) is 3.82. The van der Waals surface area contributed by atoms with Gasteiger partial charge in [0.25, 0.3) is 5.91 Å². The number of amides is 4. The van der Waals surface area contributed by atoms with E-state index in [0.29, 0.717) is 72.7 Å². The molecule has 4 aromatic rings. The molecule has 0 spiro atoms. The van der Waals surface area contributed by atoms with E-state index in [9.17, 15) is 19.2 Å². The number of anilines is 2. The predicted octanol–water partition coefficient (Wildman–Crippen LogP) is 6.03. The number of halogens is 1. The monoisotopic (exact) mass is 765 g/mol. The van der Waals surface area contributed by atoms with E-state index >= 15 is 0 Å². The Morgan fingerprint density at radius 1 is 0.873 bits per heavy atom. The molecule has 2 saturated heterocycles. The second-order valence-corrected chi connectivity index (χ2v) is 15.0. The Balaban J connectivity index is 1.00. The van der Waals surface area contributed by atoms with Crippen LogP contribution in [0.3, 0.4) is 0 Å². The zero-order chi connectivity index (χ0) is 38.2. The van der Waals surface area contributed by atoms with Gasteiger partial charge in [0.05, 0.1) is 30.5 Å². The van der Waals surface area contributed by atoms with Crippen molar-refractivity contribution in [1.82, 2.24) is 14.7 Å². The van der Waals surface area contributed by atoms with Crippen LogP contribution in [0, 0.1) is 0 Å². The first-order chi connectivity index (χ1) is 26.7. The van der Waals surface area contributed by atoms with Crippen LogP contribution in [-0.4, -0.2) is 104 Å². The van der Waals surface area contributed by atoms with E-state index in [-0.39, 0.29) is 36.7 Å². The number of carbonyl (C=O) groups is 4. The smallest absolute Gasteiger partial charge is 0.415 e. The normalized spacial score (nSPS) is 19.7. The number of rotatable bonds is 8. The maximum Gasteiger partial charge on any atom is 0.415 e. The molecule has 0 saturated carbocycles. The molecule has 4 heterocycles. The molecule has 0 aliphatic carbocycles. The van der Waals surface area contributed by atoms with E-state index in [0.717, 1.165) is 53.4 Å². The van der Waals surface area contributed by atoms with Gasteiger partial charge in [-0.25, -0.2) is 4.79 Å². The van der Waals surface area contributed by atoms with Gasteiger partial charge in [0.2, 0.25) is 11.8 Å². The van der Waals surface area contributed by atoms with Crippen LogP contribution in [0.15, 0.2) is 66.7 Å². The molecule has 4 amide bonds. The van der Waals surface area contributed by atoms with Crippen molar-refractivity contribution in [3.63, 3.8) is 0 Å². The van der Waals surface area contributed by atoms with E-state index in [1.54, 1.807) is 26.8 Å². The third kappa shape index (κ3) is 7.16. The van der Waals surface area contributed by atoms with Gasteiger partial charge in [-0.2, -0.15) is 0 Å². The van der Waals surface area contributed by atoms with Crippen LogP contribution in [0.5, 0.6) is 17.2 Å². The van der Waals surface area contributed by atoms with Crippen LogP contribution in [0.4, 0.5) is 16.2 Å². The molecule has 2 atom stereocenters. The minimum Gasteiger partial charge on any atom is -0.493 e. The van der Waals surface area contributed by atoms with Crippen molar-refractivity contribution >= 4 is 57.6 Å². The molecule has 0 aromatic heterocycles. The molecular weight excluding hydrogens is 722 g/mol. The summed E-state index contributed by atoms with van der Waals surface area (Å²) in [6.07, 6.45) is 2.11. The molecule has 4 aliphatic rings. The number of nitrogens with one attached hydrogen (secondary N) is 1. The number of piperazine rings is 1. The van der Waals surface area contributed by atoms with Gasteiger partial charge < -0.3 is 39.1 Å². The van der Waals surface area contributed by atoms with Gasteiger partial charge in [0, 0.05) is 68.6 Å². The Morgan fingerprint density at radius 3 is 2.44 bits per heavy atom. The minimum atomic E-state index is -0.490. The molecule has 55 heavy (non-hydrogen) atoms. The number of fused-ring (bicyclic) bond motifs is 5. The first-order valence-corrected chi connectivity index (χ1v) is 19.4. The number of ether oxygens (including phenoxy) is 3. The average Bonchev–Trinajstić information content (AvgIpc) is 3.54. The molecule has 2 fully saturated rings. The number of likely N-dealkylation sites (N-methyl/N-ethyl adjacent to an activating group) is 1. The van der Waals surface area contributed by atoms with Crippen LogP contribution < -0.4 is 24.4 Å². The van der Waals surface area contributed by atoms with Crippen molar-refractivity contribution in [2.45, 2.75) is 44.2 Å². The molecule has 0 radical (unpaired) electrons. The Morgan fingerprint density at radius 2 is 1.65 bits per heavy atom. The largest absolute Gasteiger partial charge is 0.493 e. The maximum atomic E-state index is 14.1. The topological polar surface area (TPSA) is 121 Å². The molecule has 0 bridgehead atoms. The quantitative estimate of drug-likeness (QED) is 0.216. The number of piperidine rings is 1.